The Labute approximate surface area is 77.3 Å². The molecule has 0 amide bonds. The van der Waals surface area contributed by atoms with Gasteiger partial charge < -0.3 is 0 Å². The molecule has 1 aromatic rings. The molecule has 0 aliphatic carbocycles. The lowest BCUT2D eigenvalue weighted by molar-refractivity contribution is -0.139. The minimum Gasteiger partial charge on any atom is -0.289 e. The SMILES string of the molecule is CN(O)c1ccc(F)c(C(F)(F)F)c1. The summed E-state index contributed by atoms with van der Waals surface area (Å²) in [4.78, 5) is 0. The molecule has 2 nitrogen and oxygen atoms in total. The largest absolute Gasteiger partial charge is 0.419 e. The second-order valence-corrected chi connectivity index (χ2v) is 2.69. The van der Waals surface area contributed by atoms with Gasteiger partial charge in [0, 0.05) is 7.05 Å². The molecule has 0 radical (unpaired) electrons. The van der Waals surface area contributed by atoms with Gasteiger partial charge in [-0.2, -0.15) is 13.2 Å². The fourth-order valence-electron chi connectivity index (χ4n) is 0.932. The van der Waals surface area contributed by atoms with Crippen LogP contribution in [0.15, 0.2) is 18.2 Å². The van der Waals surface area contributed by atoms with Gasteiger partial charge in [0.25, 0.3) is 0 Å². The van der Waals surface area contributed by atoms with Crippen LogP contribution in [0, 0.1) is 5.82 Å². The van der Waals surface area contributed by atoms with E-state index in [-0.39, 0.29) is 5.69 Å². The van der Waals surface area contributed by atoms with Crippen LogP contribution in [-0.4, -0.2) is 12.3 Å². The van der Waals surface area contributed by atoms with Gasteiger partial charge in [0.2, 0.25) is 0 Å². The fraction of sp³-hybridized carbons (Fsp3) is 0.250. The first-order valence-electron chi connectivity index (χ1n) is 3.61. The van der Waals surface area contributed by atoms with E-state index in [4.69, 9.17) is 5.21 Å². The lowest BCUT2D eigenvalue weighted by Crippen LogP contribution is -2.13. The predicted molar refractivity (Wildman–Crippen MR) is 41.6 cm³/mol. The number of benzene rings is 1. The standard InChI is InChI=1S/C8H7F4NO/c1-13(14)5-2-3-7(9)6(4-5)8(10,11)12/h2-4,14H,1H3. The zero-order chi connectivity index (χ0) is 10.9. The summed E-state index contributed by atoms with van der Waals surface area (Å²) in [6.45, 7) is 0. The smallest absolute Gasteiger partial charge is 0.289 e. The maximum atomic E-state index is 12.7. The van der Waals surface area contributed by atoms with E-state index in [2.05, 4.69) is 0 Å². The van der Waals surface area contributed by atoms with Crippen molar-refractivity contribution in [1.29, 1.82) is 0 Å². The summed E-state index contributed by atoms with van der Waals surface area (Å²) in [5, 5.41) is 9.33. The van der Waals surface area contributed by atoms with Gasteiger partial charge in [-0.05, 0) is 18.2 Å². The van der Waals surface area contributed by atoms with E-state index in [1.807, 2.05) is 0 Å². The lowest BCUT2D eigenvalue weighted by Gasteiger charge is -2.13. The van der Waals surface area contributed by atoms with Crippen molar-refractivity contribution in [1.82, 2.24) is 0 Å². The summed E-state index contributed by atoms with van der Waals surface area (Å²) in [5.41, 5.74) is -1.52. The van der Waals surface area contributed by atoms with Gasteiger partial charge in [0.15, 0.2) is 0 Å². The third-order valence-corrected chi connectivity index (χ3v) is 1.63. The van der Waals surface area contributed by atoms with Gasteiger partial charge in [0.1, 0.15) is 5.82 Å². The van der Waals surface area contributed by atoms with E-state index in [9.17, 15) is 17.6 Å². The van der Waals surface area contributed by atoms with Crippen LogP contribution in [0.25, 0.3) is 0 Å². The Kier molecular flexibility index (Phi) is 2.66. The third kappa shape index (κ3) is 2.14. The molecule has 78 valence electrons. The first-order chi connectivity index (χ1) is 6.32. The number of hydrogen-bond acceptors (Lipinski definition) is 2. The van der Waals surface area contributed by atoms with Gasteiger partial charge in [-0.15, -0.1) is 0 Å². The molecule has 0 heterocycles. The van der Waals surface area contributed by atoms with Gasteiger partial charge in [-0.1, -0.05) is 0 Å². The Morgan fingerprint density at radius 2 is 1.86 bits per heavy atom. The Morgan fingerprint density at radius 1 is 1.29 bits per heavy atom. The van der Waals surface area contributed by atoms with Crippen molar-refractivity contribution in [3.05, 3.63) is 29.6 Å². The van der Waals surface area contributed by atoms with Crippen molar-refractivity contribution >= 4 is 5.69 Å². The van der Waals surface area contributed by atoms with Gasteiger partial charge >= 0.3 is 6.18 Å². The maximum absolute atomic E-state index is 12.7. The zero-order valence-corrected chi connectivity index (χ0v) is 7.14. The molecule has 0 bridgehead atoms. The van der Waals surface area contributed by atoms with Crippen molar-refractivity contribution in [3.63, 3.8) is 0 Å². The van der Waals surface area contributed by atoms with E-state index < -0.39 is 17.6 Å². The number of rotatable bonds is 1. The van der Waals surface area contributed by atoms with E-state index in [0.717, 1.165) is 13.1 Å². The monoisotopic (exact) mass is 209 g/mol. The third-order valence-electron chi connectivity index (χ3n) is 1.63. The summed E-state index contributed by atoms with van der Waals surface area (Å²) < 4.78 is 49.2. The van der Waals surface area contributed by atoms with Crippen LogP contribution in [0.2, 0.25) is 0 Å². The molecular formula is C8H7F4NO. The molecule has 1 N–H and O–H groups in total. The molecular weight excluding hydrogens is 202 g/mol. The van der Waals surface area contributed by atoms with Crippen LogP contribution in [0.3, 0.4) is 0 Å². The maximum Gasteiger partial charge on any atom is 0.419 e. The van der Waals surface area contributed by atoms with Crippen LogP contribution in [-0.2, 0) is 6.18 Å². The van der Waals surface area contributed by atoms with Crippen LogP contribution in [0.1, 0.15) is 5.56 Å². The van der Waals surface area contributed by atoms with Crippen LogP contribution >= 0.6 is 0 Å². The quantitative estimate of drug-likeness (QED) is 0.567. The molecule has 0 unspecified atom stereocenters. The molecule has 0 spiro atoms. The predicted octanol–water partition coefficient (Wildman–Crippen LogP) is 2.67. The Hall–Kier alpha value is -1.30. The van der Waals surface area contributed by atoms with Crippen molar-refractivity contribution in [3.8, 4) is 0 Å². The summed E-state index contributed by atoms with van der Waals surface area (Å²) >= 11 is 0. The Morgan fingerprint density at radius 3 is 2.29 bits per heavy atom. The molecule has 0 aromatic heterocycles. The first-order valence-corrected chi connectivity index (χ1v) is 3.61. The van der Waals surface area contributed by atoms with Gasteiger partial charge in [-0.3, -0.25) is 10.3 Å². The minimum absolute atomic E-state index is 0.126. The normalized spacial score (nSPS) is 11.6. The minimum atomic E-state index is -4.75. The number of nitrogens with zero attached hydrogens (tertiary/aromatic N) is 1. The van der Waals surface area contributed by atoms with E-state index >= 15 is 0 Å². The van der Waals surface area contributed by atoms with Crippen molar-refractivity contribution in [2.45, 2.75) is 6.18 Å². The van der Waals surface area contributed by atoms with Crippen LogP contribution in [0.4, 0.5) is 23.2 Å². The summed E-state index contributed by atoms with van der Waals surface area (Å²) in [6.07, 6.45) is -4.75. The van der Waals surface area contributed by atoms with Crippen molar-refractivity contribution < 1.29 is 22.8 Å². The van der Waals surface area contributed by atoms with Gasteiger partial charge in [0.05, 0.1) is 11.3 Å². The average molecular weight is 209 g/mol. The van der Waals surface area contributed by atoms with Crippen LogP contribution < -0.4 is 5.06 Å². The molecule has 1 aromatic carbocycles. The highest BCUT2D eigenvalue weighted by Gasteiger charge is 2.34. The summed E-state index contributed by atoms with van der Waals surface area (Å²) in [7, 11) is 1.15. The number of hydroxylamine groups is 1. The highest BCUT2D eigenvalue weighted by molar-refractivity contribution is 5.46. The van der Waals surface area contributed by atoms with E-state index in [0.29, 0.717) is 17.2 Å². The molecule has 0 fully saturated rings. The Balaban J connectivity index is 3.22. The van der Waals surface area contributed by atoms with Crippen molar-refractivity contribution in [2.24, 2.45) is 0 Å². The number of halogens is 4. The molecule has 0 aliphatic rings. The highest BCUT2D eigenvalue weighted by atomic mass is 19.4. The van der Waals surface area contributed by atoms with Crippen LogP contribution in [0.5, 0.6) is 0 Å². The molecule has 1 rings (SSSR count). The highest BCUT2D eigenvalue weighted by Crippen LogP contribution is 2.33. The fourth-order valence-corrected chi connectivity index (χ4v) is 0.932. The summed E-state index contributed by atoms with van der Waals surface area (Å²) in [5.74, 6) is -1.36. The van der Waals surface area contributed by atoms with Gasteiger partial charge in [-0.25, -0.2) is 4.39 Å². The molecule has 0 saturated carbocycles. The van der Waals surface area contributed by atoms with E-state index in [1.54, 1.807) is 0 Å². The zero-order valence-electron chi connectivity index (χ0n) is 7.14. The second kappa shape index (κ2) is 3.45. The molecule has 14 heavy (non-hydrogen) atoms. The lowest BCUT2D eigenvalue weighted by atomic mass is 10.2. The summed E-state index contributed by atoms with van der Waals surface area (Å²) in [6, 6.07) is 2.24. The molecule has 0 saturated heterocycles. The number of hydrogen-bond donors (Lipinski definition) is 1. The van der Waals surface area contributed by atoms with Crippen molar-refractivity contribution in [2.75, 3.05) is 12.1 Å². The molecule has 0 atom stereocenters. The Bertz CT molecular complexity index is 335. The first kappa shape index (κ1) is 10.8. The topological polar surface area (TPSA) is 23.5 Å². The second-order valence-electron chi connectivity index (χ2n) is 2.69. The average Bonchev–Trinajstić information content (AvgIpc) is 2.02. The number of anilines is 1. The molecule has 6 heteroatoms. The number of alkyl halides is 3. The molecule has 0 aliphatic heterocycles. The van der Waals surface area contributed by atoms with E-state index in [1.165, 1.54) is 0 Å².